The Labute approximate surface area is 147 Å². The van der Waals surface area contributed by atoms with Crippen LogP contribution in [0.15, 0.2) is 28.2 Å². The van der Waals surface area contributed by atoms with Gasteiger partial charge in [0.25, 0.3) is 5.56 Å². The predicted octanol–water partition coefficient (Wildman–Crippen LogP) is 2.75. The standard InChI is InChI=1S/C17H17F2N3O2S/c1-3-12-9(2)20-17-22(16(12)24)7-10(8-25-17)15(23)21-11-4-5-13(18)14(19)6-11/h4-6,10H,3,7-8H2,1-2H3,(H,21,23). The lowest BCUT2D eigenvalue weighted by Gasteiger charge is -2.25. The molecule has 1 aliphatic heterocycles. The Balaban J connectivity index is 1.81. The molecule has 0 bridgehead atoms. The maximum atomic E-state index is 13.3. The summed E-state index contributed by atoms with van der Waals surface area (Å²) >= 11 is 1.35. The van der Waals surface area contributed by atoms with Gasteiger partial charge in [-0.25, -0.2) is 13.8 Å². The smallest absolute Gasteiger partial charge is 0.257 e. The topological polar surface area (TPSA) is 64.0 Å². The lowest BCUT2D eigenvalue weighted by Crippen LogP contribution is -2.38. The minimum Gasteiger partial charge on any atom is -0.326 e. The number of hydrogen-bond acceptors (Lipinski definition) is 4. The van der Waals surface area contributed by atoms with Crippen molar-refractivity contribution < 1.29 is 13.6 Å². The van der Waals surface area contributed by atoms with Crippen molar-refractivity contribution in [2.75, 3.05) is 11.1 Å². The molecule has 1 amide bonds. The second-order valence-electron chi connectivity index (χ2n) is 5.85. The first kappa shape index (κ1) is 17.6. The summed E-state index contributed by atoms with van der Waals surface area (Å²) in [6, 6.07) is 3.19. The number of amides is 1. The number of halogens is 2. The third kappa shape index (κ3) is 3.44. The van der Waals surface area contributed by atoms with Crippen LogP contribution >= 0.6 is 11.8 Å². The molecular weight excluding hydrogens is 348 g/mol. The molecule has 1 aromatic carbocycles. The number of fused-ring (bicyclic) bond motifs is 1. The second-order valence-corrected chi connectivity index (χ2v) is 6.84. The average molecular weight is 365 g/mol. The van der Waals surface area contributed by atoms with Crippen molar-refractivity contribution in [2.45, 2.75) is 32.0 Å². The average Bonchev–Trinajstić information content (AvgIpc) is 2.58. The Kier molecular flexibility index (Phi) is 4.89. The lowest BCUT2D eigenvalue weighted by molar-refractivity contribution is -0.119. The maximum absolute atomic E-state index is 13.3. The molecule has 3 rings (SSSR count). The van der Waals surface area contributed by atoms with Crippen molar-refractivity contribution in [3.63, 3.8) is 0 Å². The summed E-state index contributed by atoms with van der Waals surface area (Å²) < 4.78 is 27.8. The second kappa shape index (κ2) is 6.95. The van der Waals surface area contributed by atoms with Gasteiger partial charge in [0, 0.05) is 35.3 Å². The molecule has 0 saturated carbocycles. The zero-order valence-electron chi connectivity index (χ0n) is 13.8. The molecule has 0 fully saturated rings. The zero-order valence-corrected chi connectivity index (χ0v) is 14.6. The van der Waals surface area contributed by atoms with Crippen LogP contribution in [-0.4, -0.2) is 21.2 Å². The molecule has 2 aromatic rings. The Bertz CT molecular complexity index is 898. The van der Waals surface area contributed by atoms with E-state index in [-0.39, 0.29) is 23.7 Å². The van der Waals surface area contributed by atoms with Gasteiger partial charge in [0.2, 0.25) is 5.91 Å². The highest BCUT2D eigenvalue weighted by Crippen LogP contribution is 2.27. The van der Waals surface area contributed by atoms with Crippen LogP contribution in [0.4, 0.5) is 14.5 Å². The number of hydrogen-bond donors (Lipinski definition) is 1. The van der Waals surface area contributed by atoms with Crippen LogP contribution in [0.25, 0.3) is 0 Å². The number of thioether (sulfide) groups is 1. The van der Waals surface area contributed by atoms with E-state index in [1.807, 2.05) is 13.8 Å². The number of aromatic nitrogens is 2. The minimum atomic E-state index is -1.02. The van der Waals surface area contributed by atoms with Gasteiger partial charge in [0.05, 0.1) is 5.92 Å². The molecule has 0 radical (unpaired) electrons. The number of aryl methyl sites for hydroxylation is 1. The predicted molar refractivity (Wildman–Crippen MR) is 91.8 cm³/mol. The molecule has 1 atom stereocenters. The van der Waals surface area contributed by atoms with Crippen LogP contribution in [0.1, 0.15) is 18.2 Å². The van der Waals surface area contributed by atoms with E-state index in [0.29, 0.717) is 22.9 Å². The van der Waals surface area contributed by atoms with Crippen LogP contribution < -0.4 is 10.9 Å². The number of nitrogens with zero attached hydrogens (tertiary/aromatic N) is 2. The molecule has 0 aliphatic carbocycles. The highest BCUT2D eigenvalue weighted by Gasteiger charge is 2.28. The summed E-state index contributed by atoms with van der Waals surface area (Å²) in [4.78, 5) is 29.4. The number of anilines is 1. The first-order valence-corrected chi connectivity index (χ1v) is 8.88. The van der Waals surface area contributed by atoms with Crippen molar-refractivity contribution in [3.05, 3.63) is 51.4 Å². The quantitative estimate of drug-likeness (QED) is 0.850. The first-order chi connectivity index (χ1) is 11.9. The molecule has 0 spiro atoms. The van der Waals surface area contributed by atoms with Gasteiger partial charge in [-0.1, -0.05) is 18.7 Å². The van der Waals surface area contributed by atoms with Crippen LogP contribution in [0.5, 0.6) is 0 Å². The number of benzene rings is 1. The zero-order chi connectivity index (χ0) is 18.1. The van der Waals surface area contributed by atoms with Gasteiger partial charge < -0.3 is 5.32 Å². The van der Waals surface area contributed by atoms with Crippen LogP contribution in [-0.2, 0) is 17.8 Å². The Morgan fingerprint density at radius 2 is 2.16 bits per heavy atom. The summed E-state index contributed by atoms with van der Waals surface area (Å²) in [5.41, 5.74) is 1.42. The fourth-order valence-electron chi connectivity index (χ4n) is 2.78. The summed E-state index contributed by atoms with van der Waals surface area (Å²) in [5, 5.41) is 3.18. The van der Waals surface area contributed by atoms with E-state index in [2.05, 4.69) is 10.3 Å². The van der Waals surface area contributed by atoms with Gasteiger partial charge in [0.1, 0.15) is 0 Å². The largest absolute Gasteiger partial charge is 0.326 e. The highest BCUT2D eigenvalue weighted by molar-refractivity contribution is 7.99. The molecule has 2 heterocycles. The molecule has 5 nitrogen and oxygen atoms in total. The third-order valence-electron chi connectivity index (χ3n) is 4.16. The van der Waals surface area contributed by atoms with Crippen LogP contribution in [0.3, 0.4) is 0 Å². The number of carbonyl (C=O) groups is 1. The monoisotopic (exact) mass is 365 g/mol. The van der Waals surface area contributed by atoms with Crippen molar-refractivity contribution in [1.29, 1.82) is 0 Å². The SMILES string of the molecule is CCc1c(C)nc2n(c1=O)CC(C(=O)Nc1ccc(F)c(F)c1)CS2. The van der Waals surface area contributed by atoms with Gasteiger partial charge in [0.15, 0.2) is 16.8 Å². The van der Waals surface area contributed by atoms with E-state index >= 15 is 0 Å². The molecule has 8 heteroatoms. The Hall–Kier alpha value is -2.22. The van der Waals surface area contributed by atoms with E-state index in [0.717, 1.165) is 17.8 Å². The van der Waals surface area contributed by atoms with Gasteiger partial charge in [-0.05, 0) is 25.5 Å². The number of rotatable bonds is 3. The minimum absolute atomic E-state index is 0.122. The summed E-state index contributed by atoms with van der Waals surface area (Å²) in [7, 11) is 0. The summed E-state index contributed by atoms with van der Waals surface area (Å²) in [6.07, 6.45) is 0.578. The lowest BCUT2D eigenvalue weighted by atomic mass is 10.1. The van der Waals surface area contributed by atoms with Gasteiger partial charge in [-0.15, -0.1) is 0 Å². The molecule has 25 heavy (non-hydrogen) atoms. The van der Waals surface area contributed by atoms with Gasteiger partial charge >= 0.3 is 0 Å². The summed E-state index contributed by atoms with van der Waals surface area (Å²) in [6.45, 7) is 3.92. The number of nitrogens with one attached hydrogen (secondary N) is 1. The molecule has 1 aliphatic rings. The van der Waals surface area contributed by atoms with E-state index in [1.165, 1.54) is 22.4 Å². The molecule has 0 saturated heterocycles. The molecule has 1 aromatic heterocycles. The summed E-state index contributed by atoms with van der Waals surface area (Å²) in [5.74, 6) is -2.33. The number of carbonyl (C=O) groups excluding carboxylic acids is 1. The van der Waals surface area contributed by atoms with Crippen LogP contribution in [0, 0.1) is 24.5 Å². The highest BCUT2D eigenvalue weighted by atomic mass is 32.2. The van der Waals surface area contributed by atoms with Crippen molar-refractivity contribution >= 4 is 23.4 Å². The van der Waals surface area contributed by atoms with Crippen molar-refractivity contribution in [2.24, 2.45) is 5.92 Å². The molecule has 1 unspecified atom stereocenters. The van der Waals surface area contributed by atoms with E-state index < -0.39 is 17.6 Å². The fraction of sp³-hybridized carbons (Fsp3) is 0.353. The fourth-order valence-corrected chi connectivity index (χ4v) is 3.90. The Morgan fingerprint density at radius 1 is 1.40 bits per heavy atom. The first-order valence-electron chi connectivity index (χ1n) is 7.89. The molecule has 1 N–H and O–H groups in total. The van der Waals surface area contributed by atoms with Gasteiger partial charge in [-0.3, -0.25) is 14.2 Å². The van der Waals surface area contributed by atoms with E-state index in [1.54, 1.807) is 0 Å². The van der Waals surface area contributed by atoms with E-state index in [4.69, 9.17) is 0 Å². The van der Waals surface area contributed by atoms with Crippen molar-refractivity contribution in [1.82, 2.24) is 9.55 Å². The third-order valence-corrected chi connectivity index (χ3v) is 5.30. The van der Waals surface area contributed by atoms with Gasteiger partial charge in [-0.2, -0.15) is 0 Å². The molecular formula is C17H17F2N3O2S. The van der Waals surface area contributed by atoms with Crippen molar-refractivity contribution in [3.8, 4) is 0 Å². The maximum Gasteiger partial charge on any atom is 0.257 e. The van der Waals surface area contributed by atoms with E-state index in [9.17, 15) is 18.4 Å². The normalized spacial score (nSPS) is 16.4. The van der Waals surface area contributed by atoms with Crippen LogP contribution in [0.2, 0.25) is 0 Å². The molecule has 132 valence electrons. The Morgan fingerprint density at radius 3 is 2.84 bits per heavy atom.